The molecule has 22 heavy (non-hydrogen) atoms. The van der Waals surface area contributed by atoms with E-state index in [1.54, 1.807) is 48.5 Å². The van der Waals surface area contributed by atoms with Crippen molar-refractivity contribution >= 4 is 23.3 Å². The van der Waals surface area contributed by atoms with Gasteiger partial charge in [-0.15, -0.1) is 0 Å². The van der Waals surface area contributed by atoms with Gasteiger partial charge in [-0.1, -0.05) is 12.1 Å². The van der Waals surface area contributed by atoms with Crippen molar-refractivity contribution in [2.45, 2.75) is 0 Å². The molecule has 0 radical (unpaired) electrons. The van der Waals surface area contributed by atoms with Crippen LogP contribution in [0.1, 0.15) is 20.7 Å². The van der Waals surface area contributed by atoms with Crippen LogP contribution in [0.25, 0.3) is 0 Å². The van der Waals surface area contributed by atoms with Crippen LogP contribution in [0.5, 0.6) is 0 Å². The summed E-state index contributed by atoms with van der Waals surface area (Å²) < 4.78 is 5.06. The highest BCUT2D eigenvalue weighted by Gasteiger charge is 2.09. The molecule has 0 unspecified atom stereocenters. The molecule has 0 heterocycles. The highest BCUT2D eigenvalue weighted by atomic mass is 16.5. The minimum absolute atomic E-state index is 0.0711. The van der Waals surface area contributed by atoms with E-state index in [1.165, 1.54) is 0 Å². The molecule has 0 fully saturated rings. The van der Waals surface area contributed by atoms with Gasteiger partial charge in [0.25, 0.3) is 5.91 Å². The maximum Gasteiger partial charge on any atom is 0.338 e. The van der Waals surface area contributed by atoms with E-state index in [-0.39, 0.29) is 19.1 Å². The van der Waals surface area contributed by atoms with Crippen LogP contribution in [-0.2, 0) is 4.74 Å². The van der Waals surface area contributed by atoms with Crippen LogP contribution in [0.3, 0.4) is 0 Å². The Bertz CT molecular complexity index is 669. The minimum Gasteiger partial charge on any atom is -0.460 e. The monoisotopic (exact) mass is 299 g/mol. The molecule has 2 aromatic carbocycles. The lowest BCUT2D eigenvalue weighted by molar-refractivity contribution is 0.0503. The van der Waals surface area contributed by atoms with Crippen LogP contribution < -0.4 is 16.8 Å². The average Bonchev–Trinajstić information content (AvgIpc) is 2.52. The van der Waals surface area contributed by atoms with Crippen LogP contribution >= 0.6 is 0 Å². The quantitative estimate of drug-likeness (QED) is 0.440. The van der Waals surface area contributed by atoms with Gasteiger partial charge in [0.15, 0.2) is 0 Å². The zero-order chi connectivity index (χ0) is 15.9. The fourth-order valence-electron chi connectivity index (χ4n) is 1.81. The maximum atomic E-state index is 11.9. The Morgan fingerprint density at radius 1 is 1.00 bits per heavy atom. The third-order valence-corrected chi connectivity index (χ3v) is 2.97. The van der Waals surface area contributed by atoms with E-state index in [0.29, 0.717) is 22.5 Å². The van der Waals surface area contributed by atoms with E-state index >= 15 is 0 Å². The number of anilines is 2. The molecule has 0 spiro atoms. The number of esters is 1. The maximum absolute atomic E-state index is 11.9. The van der Waals surface area contributed by atoms with Gasteiger partial charge in [0.05, 0.1) is 17.7 Å². The lowest BCUT2D eigenvalue weighted by atomic mass is 10.2. The number of hydrogen-bond acceptors (Lipinski definition) is 5. The number of nitrogens with two attached hydrogens (primary N) is 2. The number of para-hydroxylation sites is 1. The summed E-state index contributed by atoms with van der Waals surface area (Å²) in [6.45, 7) is 0.273. The summed E-state index contributed by atoms with van der Waals surface area (Å²) >= 11 is 0. The fourth-order valence-corrected chi connectivity index (χ4v) is 1.81. The molecule has 114 valence electrons. The number of carbonyl (C=O) groups is 2. The lowest BCUT2D eigenvalue weighted by Crippen LogP contribution is -2.28. The van der Waals surface area contributed by atoms with E-state index in [2.05, 4.69) is 5.32 Å². The first kappa shape index (κ1) is 15.4. The summed E-state index contributed by atoms with van der Waals surface area (Å²) in [6.07, 6.45) is 0. The summed E-state index contributed by atoms with van der Waals surface area (Å²) in [7, 11) is 0. The molecule has 2 rings (SSSR count). The predicted octanol–water partition coefficient (Wildman–Crippen LogP) is 1.44. The normalized spacial score (nSPS) is 10.0. The number of amides is 1. The molecule has 0 saturated heterocycles. The van der Waals surface area contributed by atoms with Crippen molar-refractivity contribution in [1.82, 2.24) is 5.32 Å². The van der Waals surface area contributed by atoms with Crippen molar-refractivity contribution in [3.8, 4) is 0 Å². The SMILES string of the molecule is Nc1ccc(C(=O)OCCNC(=O)c2ccccc2N)cc1. The average molecular weight is 299 g/mol. The third kappa shape index (κ3) is 3.99. The van der Waals surface area contributed by atoms with Crippen LogP contribution in [0.2, 0.25) is 0 Å². The van der Waals surface area contributed by atoms with Gasteiger partial charge < -0.3 is 21.5 Å². The third-order valence-electron chi connectivity index (χ3n) is 2.97. The largest absolute Gasteiger partial charge is 0.460 e. The Morgan fingerprint density at radius 3 is 2.36 bits per heavy atom. The Balaban J connectivity index is 1.77. The second-order valence-electron chi connectivity index (χ2n) is 4.60. The Kier molecular flexibility index (Phi) is 4.98. The molecular weight excluding hydrogens is 282 g/mol. The van der Waals surface area contributed by atoms with E-state index < -0.39 is 5.97 Å². The number of hydrogen-bond donors (Lipinski definition) is 3. The highest BCUT2D eigenvalue weighted by Crippen LogP contribution is 2.10. The summed E-state index contributed by atoms with van der Waals surface area (Å²) in [4.78, 5) is 23.6. The number of benzene rings is 2. The van der Waals surface area contributed by atoms with Gasteiger partial charge in [-0.05, 0) is 36.4 Å². The van der Waals surface area contributed by atoms with Crippen LogP contribution in [0.4, 0.5) is 11.4 Å². The molecule has 5 N–H and O–H groups in total. The Labute approximate surface area is 128 Å². The van der Waals surface area contributed by atoms with Gasteiger partial charge >= 0.3 is 5.97 Å². The first-order valence-electron chi connectivity index (χ1n) is 6.73. The molecule has 0 atom stereocenters. The number of nitrogen functional groups attached to an aromatic ring is 2. The summed E-state index contributed by atoms with van der Waals surface area (Å²) in [5, 5.41) is 2.64. The van der Waals surface area contributed by atoms with Crippen LogP contribution in [0.15, 0.2) is 48.5 Å². The molecular formula is C16H17N3O3. The van der Waals surface area contributed by atoms with Crippen molar-refractivity contribution in [3.05, 3.63) is 59.7 Å². The second kappa shape index (κ2) is 7.12. The van der Waals surface area contributed by atoms with E-state index in [1.807, 2.05) is 0 Å². The highest BCUT2D eigenvalue weighted by molar-refractivity contribution is 5.99. The van der Waals surface area contributed by atoms with E-state index in [4.69, 9.17) is 16.2 Å². The van der Waals surface area contributed by atoms with Gasteiger partial charge in [0.2, 0.25) is 0 Å². The zero-order valence-corrected chi connectivity index (χ0v) is 11.9. The first-order chi connectivity index (χ1) is 10.6. The first-order valence-corrected chi connectivity index (χ1v) is 6.73. The topological polar surface area (TPSA) is 107 Å². The van der Waals surface area contributed by atoms with E-state index in [9.17, 15) is 9.59 Å². The molecule has 0 aliphatic heterocycles. The number of nitrogens with one attached hydrogen (secondary N) is 1. The molecule has 1 amide bonds. The number of ether oxygens (including phenoxy) is 1. The number of carbonyl (C=O) groups excluding carboxylic acids is 2. The van der Waals surface area contributed by atoms with Crippen molar-refractivity contribution in [2.24, 2.45) is 0 Å². The molecule has 0 aliphatic rings. The van der Waals surface area contributed by atoms with Crippen molar-refractivity contribution in [1.29, 1.82) is 0 Å². The summed E-state index contributed by atoms with van der Waals surface area (Å²) in [6, 6.07) is 13.2. The summed E-state index contributed by atoms with van der Waals surface area (Å²) in [5.41, 5.74) is 13.0. The van der Waals surface area contributed by atoms with Crippen molar-refractivity contribution in [3.63, 3.8) is 0 Å². The molecule has 6 nitrogen and oxygen atoms in total. The van der Waals surface area contributed by atoms with Crippen molar-refractivity contribution in [2.75, 3.05) is 24.6 Å². The van der Waals surface area contributed by atoms with Crippen LogP contribution in [0, 0.1) is 0 Å². The predicted molar refractivity (Wildman–Crippen MR) is 84.3 cm³/mol. The van der Waals surface area contributed by atoms with E-state index in [0.717, 1.165) is 0 Å². The fraction of sp³-hybridized carbons (Fsp3) is 0.125. The van der Waals surface area contributed by atoms with Gasteiger partial charge in [0.1, 0.15) is 6.61 Å². The van der Waals surface area contributed by atoms with Gasteiger partial charge in [-0.3, -0.25) is 4.79 Å². The minimum atomic E-state index is -0.464. The Hall–Kier alpha value is -3.02. The molecule has 2 aromatic rings. The smallest absolute Gasteiger partial charge is 0.338 e. The van der Waals surface area contributed by atoms with Gasteiger partial charge in [0, 0.05) is 11.4 Å². The second-order valence-corrected chi connectivity index (χ2v) is 4.60. The van der Waals surface area contributed by atoms with Gasteiger partial charge in [-0.25, -0.2) is 4.79 Å². The molecule has 0 aliphatic carbocycles. The lowest BCUT2D eigenvalue weighted by Gasteiger charge is -2.08. The van der Waals surface area contributed by atoms with Crippen LogP contribution in [-0.4, -0.2) is 25.0 Å². The molecule has 6 heteroatoms. The summed E-state index contributed by atoms with van der Waals surface area (Å²) in [5.74, 6) is -0.768. The zero-order valence-electron chi connectivity index (χ0n) is 11.9. The van der Waals surface area contributed by atoms with Gasteiger partial charge in [-0.2, -0.15) is 0 Å². The molecule has 0 aromatic heterocycles. The molecule has 0 bridgehead atoms. The standard InChI is InChI=1S/C16H17N3O3/c17-12-7-5-11(6-8-12)16(21)22-10-9-19-15(20)13-3-1-2-4-14(13)18/h1-8H,9-10,17-18H2,(H,19,20). The Morgan fingerprint density at radius 2 is 1.68 bits per heavy atom. The number of rotatable bonds is 5. The molecule has 0 saturated carbocycles. The van der Waals surface area contributed by atoms with Crippen molar-refractivity contribution < 1.29 is 14.3 Å².